The van der Waals surface area contributed by atoms with E-state index in [2.05, 4.69) is 25.7 Å². The molecule has 0 spiro atoms. The van der Waals surface area contributed by atoms with Gasteiger partial charge in [0, 0.05) is 62.9 Å². The number of likely N-dealkylation sites (tertiary alicyclic amines) is 1. The maximum absolute atomic E-state index is 13.4. The van der Waals surface area contributed by atoms with Crippen molar-refractivity contribution in [1.29, 1.82) is 0 Å². The monoisotopic (exact) mass is 871 g/mol. The molecule has 15 nitrogen and oxygen atoms in total. The Hall–Kier alpha value is -5.47. The van der Waals surface area contributed by atoms with Crippen LogP contribution in [0.15, 0.2) is 73.1 Å². The number of hydrogen-bond donors (Lipinski definition) is 3. The predicted octanol–water partition coefficient (Wildman–Crippen LogP) is 6.43. The molecule has 1 aromatic heterocycles. The minimum absolute atomic E-state index is 0.162. The highest BCUT2D eigenvalue weighted by Crippen LogP contribution is 2.30. The van der Waals surface area contributed by atoms with Crippen molar-refractivity contribution in [2.75, 3.05) is 71.8 Å². The molecular formula is C48H67N6O9+. The predicted molar refractivity (Wildman–Crippen MR) is 243 cm³/mol. The van der Waals surface area contributed by atoms with Crippen molar-refractivity contribution < 1.29 is 42.8 Å². The Balaban J connectivity index is 0.961. The lowest BCUT2D eigenvalue weighted by atomic mass is 9.84. The second-order valence-electron chi connectivity index (χ2n) is 16.7. The zero-order valence-corrected chi connectivity index (χ0v) is 37.6. The summed E-state index contributed by atoms with van der Waals surface area (Å²) >= 11 is 0. The highest BCUT2D eigenvalue weighted by atomic mass is 16.6. The number of piperidine rings is 1. The van der Waals surface area contributed by atoms with Gasteiger partial charge in [0.25, 0.3) is 5.91 Å². The summed E-state index contributed by atoms with van der Waals surface area (Å²) in [6.07, 6.45) is 11.6. The average Bonchev–Trinajstić information content (AvgIpc) is 3.26. The van der Waals surface area contributed by atoms with Crippen LogP contribution in [-0.4, -0.2) is 117 Å². The van der Waals surface area contributed by atoms with E-state index in [0.29, 0.717) is 90.7 Å². The van der Waals surface area contributed by atoms with E-state index < -0.39 is 11.1 Å². The smallest absolute Gasteiger partial charge is 0.410 e. The highest BCUT2D eigenvalue weighted by molar-refractivity contribution is 6.19. The third-order valence-corrected chi connectivity index (χ3v) is 10.6. The first-order valence-corrected chi connectivity index (χ1v) is 22.3. The molecule has 0 unspecified atom stereocenters. The van der Waals surface area contributed by atoms with E-state index in [9.17, 15) is 14.4 Å². The van der Waals surface area contributed by atoms with Gasteiger partial charge in [0.1, 0.15) is 16.9 Å². The lowest BCUT2D eigenvalue weighted by Crippen LogP contribution is -2.64. The lowest BCUT2D eigenvalue weighted by molar-refractivity contribution is -0.140. The van der Waals surface area contributed by atoms with Crippen LogP contribution >= 0.6 is 0 Å². The van der Waals surface area contributed by atoms with Crippen LogP contribution in [0, 0.1) is 0 Å². The minimum Gasteiger partial charge on any atom is -0.494 e. The maximum Gasteiger partial charge on any atom is 0.410 e. The molecule has 342 valence electrons. The van der Waals surface area contributed by atoms with Crippen LogP contribution in [0.5, 0.6) is 5.75 Å². The number of carbonyl (C=O) groups is 3. The standard InChI is InChI=1S/C48H66N6O9/c1-47(2,3)63-46(57)54-26-22-48(23-27-54,45-51-43(52-45)38-20-24-49-25-21-38)53-40-14-12-13-39(35-40)44(56)50-36-37-16-18-41(19-17-37)62-30-11-6-5-9-28-59-31-33-61-34-32-60-29-10-7-8-15-42(55)58-4/h12-14,16-21,24-25,35,53H,5-11,15,22-23,26-34,36H2,1-4H3,(H,50,56)/p+1. The number of nitrogens with one attached hydrogen (secondary N) is 3. The minimum atomic E-state index is -0.589. The first kappa shape index (κ1) is 48.6. The number of anilines is 1. The molecule has 2 aliphatic heterocycles. The highest BCUT2D eigenvalue weighted by Gasteiger charge is 2.48. The molecule has 1 saturated heterocycles. The zero-order chi connectivity index (χ0) is 44.8. The average molecular weight is 872 g/mol. The Kier molecular flexibility index (Phi) is 19.7. The lowest BCUT2D eigenvalue weighted by Gasteiger charge is -2.41. The Morgan fingerprint density at radius 2 is 1.41 bits per heavy atom. The van der Waals surface area contributed by atoms with E-state index >= 15 is 0 Å². The van der Waals surface area contributed by atoms with E-state index in [1.54, 1.807) is 23.4 Å². The molecule has 0 aliphatic carbocycles. The molecule has 0 radical (unpaired) electrons. The second kappa shape index (κ2) is 25.6. The fourth-order valence-electron chi connectivity index (χ4n) is 7.06. The van der Waals surface area contributed by atoms with Crippen LogP contribution in [-0.2, 0) is 35.0 Å². The summed E-state index contributed by atoms with van der Waals surface area (Å²) in [5, 5.41) is 10.2. The summed E-state index contributed by atoms with van der Waals surface area (Å²) in [4.78, 5) is 43.2. The quantitative estimate of drug-likeness (QED) is 0.0436. The normalized spacial score (nSPS) is 14.4. The van der Waals surface area contributed by atoms with Crippen LogP contribution < -0.4 is 25.4 Å². The van der Waals surface area contributed by atoms with Crippen molar-refractivity contribution in [3.63, 3.8) is 0 Å². The number of benzene rings is 2. The topological polar surface area (TPSA) is 173 Å². The van der Waals surface area contributed by atoms with Gasteiger partial charge in [-0.1, -0.05) is 31.0 Å². The largest absolute Gasteiger partial charge is 0.494 e. The number of carbonyl (C=O) groups excluding carboxylic acids is 3. The molecule has 5 rings (SSSR count). The summed E-state index contributed by atoms with van der Waals surface area (Å²) in [5.74, 6) is 2.01. The molecule has 63 heavy (non-hydrogen) atoms. The van der Waals surface area contributed by atoms with Gasteiger partial charge >= 0.3 is 23.7 Å². The molecule has 2 aliphatic rings. The Morgan fingerprint density at radius 3 is 2.05 bits per heavy atom. The molecule has 15 heteroatoms. The van der Waals surface area contributed by atoms with Crippen molar-refractivity contribution in [3.05, 3.63) is 89.7 Å². The van der Waals surface area contributed by atoms with Crippen LogP contribution in [0.2, 0.25) is 0 Å². The third-order valence-electron chi connectivity index (χ3n) is 10.6. The number of amides is 2. The number of methoxy groups -OCH3 is 1. The summed E-state index contributed by atoms with van der Waals surface area (Å²) < 4.78 is 37.9. The van der Waals surface area contributed by atoms with Gasteiger partial charge in [-0.3, -0.25) is 14.6 Å². The molecule has 2 aromatic carbocycles. The SMILES string of the molecule is COC(=O)CCCCCOCCOCCOCCCCCCOc1ccc(CNC(=O)c2cccc(NC3(C4=[N+]=C(c5ccncc5)N4)CCN(C(=O)OC(C)(C)C)CC3)c2)cc1. The van der Waals surface area contributed by atoms with E-state index in [-0.39, 0.29) is 18.0 Å². The second-order valence-corrected chi connectivity index (χ2v) is 16.7. The number of hydrogen-bond acceptors (Lipinski definition) is 12. The number of ether oxygens (including phenoxy) is 6. The number of unbranched alkanes of at least 4 members (excludes halogenated alkanes) is 5. The summed E-state index contributed by atoms with van der Waals surface area (Å²) in [7, 11) is 1.41. The molecule has 3 N–H and O–H groups in total. The van der Waals surface area contributed by atoms with E-state index in [4.69, 9.17) is 28.4 Å². The van der Waals surface area contributed by atoms with Crippen LogP contribution in [0.25, 0.3) is 0 Å². The Morgan fingerprint density at radius 1 is 0.794 bits per heavy atom. The van der Waals surface area contributed by atoms with Gasteiger partial charge in [-0.2, -0.15) is 0 Å². The number of rotatable bonds is 27. The van der Waals surface area contributed by atoms with E-state index in [0.717, 1.165) is 79.2 Å². The number of amidine groups is 2. The molecule has 3 heterocycles. The van der Waals surface area contributed by atoms with Crippen molar-refractivity contribution >= 4 is 35.3 Å². The van der Waals surface area contributed by atoms with Gasteiger partial charge < -0.3 is 44.0 Å². The molecule has 0 atom stereocenters. The molecule has 0 saturated carbocycles. The number of pyridine rings is 1. The van der Waals surface area contributed by atoms with E-state index in [1.165, 1.54) is 7.11 Å². The number of aromatic nitrogens is 1. The number of nitrogens with zero attached hydrogens (tertiary/aromatic N) is 3. The van der Waals surface area contributed by atoms with Crippen LogP contribution in [0.4, 0.5) is 10.5 Å². The molecule has 2 amide bonds. The molecule has 1 fully saturated rings. The van der Waals surface area contributed by atoms with Gasteiger partial charge in [-0.25, -0.2) is 14.8 Å². The van der Waals surface area contributed by atoms with Crippen LogP contribution in [0.1, 0.15) is 106 Å². The summed E-state index contributed by atoms with van der Waals surface area (Å²) in [6, 6.07) is 19.1. The molecular weight excluding hydrogens is 805 g/mol. The van der Waals surface area contributed by atoms with Gasteiger partial charge in [-0.15, -0.1) is 0 Å². The van der Waals surface area contributed by atoms with Crippen LogP contribution in [0.3, 0.4) is 0 Å². The van der Waals surface area contributed by atoms with Gasteiger partial charge in [0.05, 0.1) is 45.7 Å². The van der Waals surface area contributed by atoms with Crippen molar-refractivity contribution in [2.24, 2.45) is 0 Å². The first-order valence-electron chi connectivity index (χ1n) is 22.3. The van der Waals surface area contributed by atoms with Crippen molar-refractivity contribution in [2.45, 2.75) is 103 Å². The Labute approximate surface area is 372 Å². The van der Waals surface area contributed by atoms with Gasteiger partial charge in [0.2, 0.25) is 0 Å². The fraction of sp³-hybridized carbons (Fsp3) is 0.542. The number of esters is 1. The van der Waals surface area contributed by atoms with Crippen molar-refractivity contribution in [3.8, 4) is 5.75 Å². The third kappa shape index (κ3) is 17.0. The maximum atomic E-state index is 13.4. The molecule has 0 bridgehead atoms. The van der Waals surface area contributed by atoms with Crippen molar-refractivity contribution in [1.82, 2.24) is 25.2 Å². The first-order chi connectivity index (χ1) is 30.5. The summed E-state index contributed by atoms with van der Waals surface area (Å²) in [5.41, 5.74) is 2.05. The fourth-order valence-corrected chi connectivity index (χ4v) is 7.06. The van der Waals surface area contributed by atoms with Gasteiger partial charge in [0.15, 0.2) is 0 Å². The summed E-state index contributed by atoms with van der Waals surface area (Å²) in [6.45, 7) is 11.2. The van der Waals surface area contributed by atoms with E-state index in [1.807, 2.05) is 75.4 Å². The Bertz CT molecular complexity index is 1940. The van der Waals surface area contributed by atoms with Gasteiger partial charge in [-0.05, 0) is 114 Å². The molecule has 3 aromatic rings. The zero-order valence-electron chi connectivity index (χ0n) is 37.6.